The Balaban J connectivity index is 2.67. The number of nitrogens with two attached hydrogens (primary N) is 1. The molecule has 1 atom stereocenters. The Hall–Kier alpha value is -0.990. The lowest BCUT2D eigenvalue weighted by Crippen LogP contribution is -2.08. The number of fused-ring (bicyclic) bond motifs is 1. The normalized spacial score (nSPS) is 13.4. The summed E-state index contributed by atoms with van der Waals surface area (Å²) in [4.78, 5) is 0. The van der Waals surface area contributed by atoms with E-state index in [4.69, 9.17) is 21.8 Å². The monoisotopic (exact) mass is 209 g/mol. The van der Waals surface area contributed by atoms with Crippen molar-refractivity contribution in [3.63, 3.8) is 0 Å². The van der Waals surface area contributed by atoms with Gasteiger partial charge in [0.15, 0.2) is 0 Å². The van der Waals surface area contributed by atoms with Gasteiger partial charge in [0.1, 0.15) is 5.58 Å². The highest BCUT2D eigenvalue weighted by atomic mass is 35.5. The summed E-state index contributed by atoms with van der Waals surface area (Å²) < 4.78 is 5.41. The van der Waals surface area contributed by atoms with Crippen LogP contribution in [0, 0.1) is 0 Å². The van der Waals surface area contributed by atoms with Gasteiger partial charge >= 0.3 is 0 Å². The van der Waals surface area contributed by atoms with Crippen LogP contribution in [0.5, 0.6) is 0 Å². The molecule has 14 heavy (non-hydrogen) atoms. The van der Waals surface area contributed by atoms with Crippen LogP contribution in [0.1, 0.15) is 18.4 Å². The minimum absolute atomic E-state index is 0.274. The molecule has 0 aliphatic carbocycles. The summed E-state index contributed by atoms with van der Waals surface area (Å²) in [5.41, 5.74) is 7.54. The van der Waals surface area contributed by atoms with Gasteiger partial charge in [-0.1, -0.05) is 24.6 Å². The third-order valence-electron chi connectivity index (χ3n) is 2.46. The van der Waals surface area contributed by atoms with Crippen molar-refractivity contribution in [1.82, 2.24) is 0 Å². The first kappa shape index (κ1) is 9.56. The summed E-state index contributed by atoms with van der Waals surface area (Å²) in [6, 6.07) is 5.66. The highest BCUT2D eigenvalue weighted by molar-refractivity contribution is 6.35. The first-order valence-electron chi connectivity index (χ1n) is 4.59. The van der Waals surface area contributed by atoms with Gasteiger partial charge in [0, 0.05) is 10.9 Å². The molecule has 0 aliphatic heterocycles. The van der Waals surface area contributed by atoms with Gasteiger partial charge in [-0.2, -0.15) is 0 Å². The van der Waals surface area contributed by atoms with Gasteiger partial charge in [0.05, 0.1) is 11.3 Å². The predicted octanol–water partition coefficient (Wildman–Crippen LogP) is 3.15. The molecule has 0 saturated heterocycles. The van der Waals surface area contributed by atoms with Crippen LogP contribution in [-0.4, -0.2) is 6.54 Å². The van der Waals surface area contributed by atoms with Crippen LogP contribution in [-0.2, 0) is 0 Å². The zero-order valence-electron chi connectivity index (χ0n) is 7.96. The molecule has 2 N–H and O–H groups in total. The molecule has 1 unspecified atom stereocenters. The predicted molar refractivity (Wildman–Crippen MR) is 58.7 cm³/mol. The Morgan fingerprint density at radius 2 is 2.29 bits per heavy atom. The largest absolute Gasteiger partial charge is 0.464 e. The number of hydrogen-bond donors (Lipinski definition) is 1. The summed E-state index contributed by atoms with van der Waals surface area (Å²) in [5, 5.41) is 1.72. The van der Waals surface area contributed by atoms with E-state index in [1.807, 2.05) is 18.2 Å². The van der Waals surface area contributed by atoms with Crippen LogP contribution in [0.4, 0.5) is 0 Å². The lowest BCUT2D eigenvalue weighted by atomic mass is 10.0. The van der Waals surface area contributed by atoms with E-state index in [1.165, 1.54) is 0 Å². The molecule has 0 fully saturated rings. The fourth-order valence-corrected chi connectivity index (χ4v) is 1.83. The van der Waals surface area contributed by atoms with Crippen LogP contribution in [0.3, 0.4) is 0 Å². The molecule has 0 saturated carbocycles. The van der Waals surface area contributed by atoms with E-state index in [0.29, 0.717) is 6.54 Å². The Kier molecular flexibility index (Phi) is 2.48. The van der Waals surface area contributed by atoms with Crippen molar-refractivity contribution >= 4 is 22.6 Å². The molecule has 2 aromatic rings. The Morgan fingerprint density at radius 3 is 3.00 bits per heavy atom. The number of rotatable bonds is 2. The lowest BCUT2D eigenvalue weighted by Gasteiger charge is -2.05. The molecule has 0 amide bonds. The van der Waals surface area contributed by atoms with Crippen LogP contribution in [0.15, 0.2) is 28.9 Å². The second kappa shape index (κ2) is 3.64. The second-order valence-corrected chi connectivity index (χ2v) is 3.85. The van der Waals surface area contributed by atoms with Crippen LogP contribution < -0.4 is 5.73 Å². The lowest BCUT2D eigenvalue weighted by molar-refractivity contribution is 0.603. The molecular formula is C11H12ClNO. The molecule has 0 aliphatic rings. The van der Waals surface area contributed by atoms with Crippen LogP contribution in [0.25, 0.3) is 11.0 Å². The van der Waals surface area contributed by atoms with E-state index in [2.05, 4.69) is 6.92 Å². The van der Waals surface area contributed by atoms with Crippen molar-refractivity contribution in [3.8, 4) is 0 Å². The minimum Gasteiger partial charge on any atom is -0.464 e. The topological polar surface area (TPSA) is 39.2 Å². The molecule has 1 heterocycles. The number of furan rings is 1. The van der Waals surface area contributed by atoms with E-state index in [1.54, 1.807) is 6.26 Å². The van der Waals surface area contributed by atoms with Crippen molar-refractivity contribution in [2.45, 2.75) is 12.8 Å². The van der Waals surface area contributed by atoms with Gasteiger partial charge in [-0.15, -0.1) is 0 Å². The quantitative estimate of drug-likeness (QED) is 0.826. The number of benzene rings is 1. The van der Waals surface area contributed by atoms with E-state index in [9.17, 15) is 0 Å². The highest BCUT2D eigenvalue weighted by Gasteiger charge is 2.13. The fraction of sp³-hybridized carbons (Fsp3) is 0.273. The minimum atomic E-state index is 0.274. The maximum absolute atomic E-state index is 6.10. The molecule has 2 nitrogen and oxygen atoms in total. The maximum atomic E-state index is 6.10. The van der Waals surface area contributed by atoms with Crippen LogP contribution >= 0.6 is 11.6 Å². The van der Waals surface area contributed by atoms with Gasteiger partial charge in [-0.3, -0.25) is 0 Å². The Labute approximate surface area is 87.6 Å². The molecular weight excluding hydrogens is 198 g/mol. The molecule has 74 valence electrons. The average Bonchev–Trinajstić information content (AvgIpc) is 2.62. The van der Waals surface area contributed by atoms with E-state index >= 15 is 0 Å². The molecule has 0 radical (unpaired) electrons. The highest BCUT2D eigenvalue weighted by Crippen LogP contribution is 2.32. The summed E-state index contributed by atoms with van der Waals surface area (Å²) in [5.74, 6) is 0.274. The van der Waals surface area contributed by atoms with Crippen LogP contribution in [0.2, 0.25) is 5.02 Å². The van der Waals surface area contributed by atoms with Gasteiger partial charge < -0.3 is 10.2 Å². The zero-order chi connectivity index (χ0) is 10.1. The fourth-order valence-electron chi connectivity index (χ4n) is 1.56. The van der Waals surface area contributed by atoms with Gasteiger partial charge in [0.2, 0.25) is 0 Å². The van der Waals surface area contributed by atoms with Crippen molar-refractivity contribution in [3.05, 3.63) is 35.0 Å². The van der Waals surface area contributed by atoms with E-state index in [-0.39, 0.29) is 5.92 Å². The summed E-state index contributed by atoms with van der Waals surface area (Å²) in [6.45, 7) is 2.66. The summed E-state index contributed by atoms with van der Waals surface area (Å²) in [6.07, 6.45) is 1.74. The molecule has 2 rings (SSSR count). The molecule has 1 aromatic carbocycles. The van der Waals surface area contributed by atoms with Crippen molar-refractivity contribution < 1.29 is 4.42 Å². The molecule has 0 spiro atoms. The molecule has 3 heteroatoms. The standard InChI is InChI=1S/C11H12ClNO/c1-7(5-13)8-6-14-10-4-2-3-9(12)11(8)10/h2-4,6-7H,5,13H2,1H3. The second-order valence-electron chi connectivity index (χ2n) is 3.44. The first-order valence-corrected chi connectivity index (χ1v) is 4.97. The van der Waals surface area contributed by atoms with Gasteiger partial charge in [-0.05, 0) is 24.6 Å². The maximum Gasteiger partial charge on any atom is 0.135 e. The Morgan fingerprint density at radius 1 is 1.50 bits per heavy atom. The molecule has 0 bridgehead atoms. The van der Waals surface area contributed by atoms with E-state index < -0.39 is 0 Å². The SMILES string of the molecule is CC(CN)c1coc2cccc(Cl)c12. The summed E-state index contributed by atoms with van der Waals surface area (Å²) in [7, 11) is 0. The summed E-state index contributed by atoms with van der Waals surface area (Å²) >= 11 is 6.10. The van der Waals surface area contributed by atoms with Crippen molar-refractivity contribution in [1.29, 1.82) is 0 Å². The zero-order valence-corrected chi connectivity index (χ0v) is 8.71. The van der Waals surface area contributed by atoms with E-state index in [0.717, 1.165) is 21.6 Å². The van der Waals surface area contributed by atoms with Crippen molar-refractivity contribution in [2.75, 3.05) is 6.54 Å². The van der Waals surface area contributed by atoms with Gasteiger partial charge in [0.25, 0.3) is 0 Å². The average molecular weight is 210 g/mol. The first-order chi connectivity index (χ1) is 6.74. The van der Waals surface area contributed by atoms with Crippen molar-refractivity contribution in [2.24, 2.45) is 5.73 Å². The Bertz CT molecular complexity index is 449. The number of hydrogen-bond acceptors (Lipinski definition) is 2. The van der Waals surface area contributed by atoms with Gasteiger partial charge in [-0.25, -0.2) is 0 Å². The smallest absolute Gasteiger partial charge is 0.135 e. The third-order valence-corrected chi connectivity index (χ3v) is 2.78. The number of halogens is 1. The molecule has 1 aromatic heterocycles. The third kappa shape index (κ3) is 1.41.